The molecule has 2 N–H and O–H groups in total. The van der Waals surface area contributed by atoms with E-state index in [0.29, 0.717) is 34.7 Å². The summed E-state index contributed by atoms with van der Waals surface area (Å²) in [6.07, 6.45) is 4.64. The third-order valence-electron chi connectivity index (χ3n) is 4.04. The number of aliphatic hydroxyl groups excluding tert-OH is 1. The highest BCUT2D eigenvalue weighted by Crippen LogP contribution is 2.25. The van der Waals surface area contributed by atoms with E-state index in [-0.39, 0.29) is 12.5 Å². The van der Waals surface area contributed by atoms with E-state index in [1.807, 2.05) is 0 Å². The molecule has 4 nitrogen and oxygen atoms in total. The van der Waals surface area contributed by atoms with Crippen LogP contribution < -0.4 is 5.32 Å². The average molecular weight is 345 g/mol. The summed E-state index contributed by atoms with van der Waals surface area (Å²) < 4.78 is 0. The highest BCUT2D eigenvalue weighted by Gasteiger charge is 2.22. The fraction of sp³-hybridized carbons (Fsp3) is 0.562. The van der Waals surface area contributed by atoms with Crippen LogP contribution >= 0.6 is 23.2 Å². The van der Waals surface area contributed by atoms with Gasteiger partial charge in [0, 0.05) is 30.6 Å². The molecule has 6 heteroatoms. The molecule has 1 heterocycles. The lowest BCUT2D eigenvalue weighted by Crippen LogP contribution is -2.41. The number of halogens is 2. The van der Waals surface area contributed by atoms with Gasteiger partial charge >= 0.3 is 0 Å². The first-order valence-corrected chi connectivity index (χ1v) is 8.45. The van der Waals surface area contributed by atoms with Crippen LogP contribution in [0.25, 0.3) is 0 Å². The highest BCUT2D eigenvalue weighted by atomic mass is 35.5. The van der Waals surface area contributed by atoms with Crippen molar-refractivity contribution in [2.75, 3.05) is 25.0 Å². The minimum absolute atomic E-state index is 0.0718. The van der Waals surface area contributed by atoms with Gasteiger partial charge in [0.05, 0.1) is 10.7 Å². The van der Waals surface area contributed by atoms with Crippen LogP contribution in [0.1, 0.15) is 32.1 Å². The van der Waals surface area contributed by atoms with Crippen LogP contribution in [-0.4, -0.2) is 41.7 Å². The maximum absolute atomic E-state index is 12.1. The van der Waals surface area contributed by atoms with E-state index in [2.05, 4.69) is 10.2 Å². The van der Waals surface area contributed by atoms with Gasteiger partial charge < -0.3 is 10.4 Å². The zero-order valence-electron chi connectivity index (χ0n) is 12.5. The van der Waals surface area contributed by atoms with Crippen molar-refractivity contribution >= 4 is 34.8 Å². The predicted octanol–water partition coefficient (Wildman–Crippen LogP) is 3.56. The molecule has 0 aromatic heterocycles. The second kappa shape index (κ2) is 8.73. The number of carbonyl (C=O) groups is 1. The van der Waals surface area contributed by atoms with Crippen LogP contribution in [0.2, 0.25) is 10.0 Å². The fourth-order valence-corrected chi connectivity index (χ4v) is 3.22. The molecule has 0 radical (unpaired) electrons. The number of aliphatic hydroxyl groups is 1. The summed E-state index contributed by atoms with van der Waals surface area (Å²) in [6.45, 7) is 1.90. The molecule has 1 aliphatic heterocycles. The molecule has 1 aliphatic rings. The van der Waals surface area contributed by atoms with Gasteiger partial charge in [-0.05, 0) is 44.0 Å². The highest BCUT2D eigenvalue weighted by molar-refractivity contribution is 6.35. The van der Waals surface area contributed by atoms with Gasteiger partial charge in [0.25, 0.3) is 0 Å². The molecule has 1 atom stereocenters. The van der Waals surface area contributed by atoms with Crippen molar-refractivity contribution in [2.24, 2.45) is 0 Å². The molecule has 2 rings (SSSR count). The molecule has 1 fully saturated rings. The van der Waals surface area contributed by atoms with Gasteiger partial charge in [0.1, 0.15) is 0 Å². The third kappa shape index (κ3) is 5.13. The summed E-state index contributed by atoms with van der Waals surface area (Å²) in [7, 11) is 0. The van der Waals surface area contributed by atoms with Gasteiger partial charge in [-0.15, -0.1) is 0 Å². The molecule has 22 heavy (non-hydrogen) atoms. The SMILES string of the molecule is O=C(CCN1CCCCC1CCO)Nc1cc(Cl)ccc1Cl. The molecular weight excluding hydrogens is 323 g/mol. The van der Waals surface area contributed by atoms with Crippen LogP contribution in [0.3, 0.4) is 0 Å². The second-order valence-corrected chi connectivity index (χ2v) is 6.46. The smallest absolute Gasteiger partial charge is 0.225 e. The Morgan fingerprint density at radius 2 is 2.18 bits per heavy atom. The monoisotopic (exact) mass is 344 g/mol. The maximum atomic E-state index is 12.1. The molecular formula is C16H22Cl2N2O2. The molecule has 122 valence electrons. The van der Waals surface area contributed by atoms with E-state index in [9.17, 15) is 4.79 Å². The topological polar surface area (TPSA) is 52.6 Å². The normalized spacial score (nSPS) is 19.1. The van der Waals surface area contributed by atoms with Gasteiger partial charge in [-0.3, -0.25) is 9.69 Å². The number of hydrogen-bond donors (Lipinski definition) is 2. The number of likely N-dealkylation sites (tertiary alicyclic amines) is 1. The Balaban J connectivity index is 1.85. The van der Waals surface area contributed by atoms with Crippen molar-refractivity contribution in [1.29, 1.82) is 0 Å². The lowest BCUT2D eigenvalue weighted by molar-refractivity contribution is -0.116. The predicted molar refractivity (Wildman–Crippen MR) is 90.6 cm³/mol. The van der Waals surface area contributed by atoms with Crippen LogP contribution in [0, 0.1) is 0 Å². The zero-order valence-corrected chi connectivity index (χ0v) is 14.0. The van der Waals surface area contributed by atoms with E-state index in [1.54, 1.807) is 18.2 Å². The number of rotatable bonds is 6. The molecule has 1 aromatic rings. The second-order valence-electron chi connectivity index (χ2n) is 5.62. The number of piperidine rings is 1. The minimum atomic E-state index is -0.0718. The number of carbonyl (C=O) groups excluding carboxylic acids is 1. The molecule has 0 spiro atoms. The minimum Gasteiger partial charge on any atom is -0.396 e. The Labute approximate surface area is 141 Å². The quantitative estimate of drug-likeness (QED) is 0.829. The summed E-state index contributed by atoms with van der Waals surface area (Å²) in [6, 6.07) is 5.40. The fourth-order valence-electron chi connectivity index (χ4n) is 2.88. The first-order chi connectivity index (χ1) is 10.6. The van der Waals surface area contributed by atoms with Gasteiger partial charge in [-0.1, -0.05) is 29.6 Å². The van der Waals surface area contributed by atoms with Crippen molar-refractivity contribution in [2.45, 2.75) is 38.1 Å². The van der Waals surface area contributed by atoms with Gasteiger partial charge in [-0.2, -0.15) is 0 Å². The third-order valence-corrected chi connectivity index (χ3v) is 4.60. The van der Waals surface area contributed by atoms with E-state index in [4.69, 9.17) is 28.3 Å². The number of amides is 1. The Morgan fingerprint density at radius 3 is 2.95 bits per heavy atom. The van der Waals surface area contributed by atoms with Crippen LogP contribution in [-0.2, 0) is 4.79 Å². The average Bonchev–Trinajstić information content (AvgIpc) is 2.50. The molecule has 1 saturated heterocycles. The standard InChI is InChI=1S/C16H22Cl2N2O2/c17-12-4-5-14(18)15(11-12)19-16(22)6-9-20-8-2-1-3-13(20)7-10-21/h4-5,11,13,21H,1-3,6-10H2,(H,19,22). The van der Waals surface area contributed by atoms with Crippen molar-refractivity contribution < 1.29 is 9.90 Å². The number of benzene rings is 1. The van der Waals surface area contributed by atoms with E-state index in [1.165, 1.54) is 6.42 Å². The largest absolute Gasteiger partial charge is 0.396 e. The Hall–Kier alpha value is -0.810. The van der Waals surface area contributed by atoms with Crippen LogP contribution in [0.5, 0.6) is 0 Å². The zero-order chi connectivity index (χ0) is 15.9. The Bertz CT molecular complexity index is 509. The van der Waals surface area contributed by atoms with Gasteiger partial charge in [-0.25, -0.2) is 0 Å². The molecule has 1 aromatic carbocycles. The summed E-state index contributed by atoms with van der Waals surface area (Å²) in [5, 5.41) is 13.0. The maximum Gasteiger partial charge on any atom is 0.225 e. The van der Waals surface area contributed by atoms with E-state index < -0.39 is 0 Å². The molecule has 0 saturated carbocycles. The van der Waals surface area contributed by atoms with Crippen LogP contribution in [0.15, 0.2) is 18.2 Å². The lowest BCUT2D eigenvalue weighted by atomic mass is 9.99. The van der Waals surface area contributed by atoms with Crippen LogP contribution in [0.4, 0.5) is 5.69 Å². The van der Waals surface area contributed by atoms with Crippen molar-refractivity contribution in [3.63, 3.8) is 0 Å². The van der Waals surface area contributed by atoms with E-state index in [0.717, 1.165) is 25.8 Å². The lowest BCUT2D eigenvalue weighted by Gasteiger charge is -2.35. The summed E-state index contributed by atoms with van der Waals surface area (Å²) in [5.74, 6) is -0.0718. The Kier molecular flexibility index (Phi) is 6.96. The van der Waals surface area contributed by atoms with Crippen molar-refractivity contribution in [3.05, 3.63) is 28.2 Å². The van der Waals surface area contributed by atoms with Crippen molar-refractivity contribution in [3.8, 4) is 0 Å². The summed E-state index contributed by atoms with van der Waals surface area (Å²) in [4.78, 5) is 14.4. The molecule has 0 bridgehead atoms. The molecule has 1 unspecified atom stereocenters. The number of nitrogens with zero attached hydrogens (tertiary/aromatic N) is 1. The van der Waals surface area contributed by atoms with E-state index >= 15 is 0 Å². The number of anilines is 1. The Morgan fingerprint density at radius 1 is 1.36 bits per heavy atom. The van der Waals surface area contributed by atoms with Gasteiger partial charge in [0.15, 0.2) is 0 Å². The number of nitrogens with one attached hydrogen (secondary N) is 1. The molecule has 1 amide bonds. The summed E-state index contributed by atoms with van der Waals surface area (Å²) >= 11 is 12.0. The van der Waals surface area contributed by atoms with Gasteiger partial charge in [0.2, 0.25) is 5.91 Å². The molecule has 0 aliphatic carbocycles. The van der Waals surface area contributed by atoms with Crippen molar-refractivity contribution in [1.82, 2.24) is 4.90 Å². The summed E-state index contributed by atoms with van der Waals surface area (Å²) in [5.41, 5.74) is 0.546. The first kappa shape index (κ1) is 17.5. The number of hydrogen-bond acceptors (Lipinski definition) is 3. The first-order valence-electron chi connectivity index (χ1n) is 7.70.